The smallest absolute Gasteiger partial charge is 0.251 e. The summed E-state index contributed by atoms with van der Waals surface area (Å²) in [7, 11) is 5.43. The van der Waals surface area contributed by atoms with Crippen molar-refractivity contribution in [3.05, 3.63) is 29.8 Å². The van der Waals surface area contributed by atoms with Gasteiger partial charge in [0.15, 0.2) is 0 Å². The maximum absolute atomic E-state index is 12.1. The topological polar surface area (TPSA) is 61.8 Å². The molecule has 0 fully saturated rings. The molecule has 2 N–H and O–H groups in total. The van der Waals surface area contributed by atoms with Gasteiger partial charge in [0.05, 0.1) is 5.60 Å². The average molecular weight is 280 g/mol. The Balaban J connectivity index is 2.61. The first-order chi connectivity index (χ1) is 9.35. The Morgan fingerprint density at radius 2 is 2.15 bits per heavy atom. The van der Waals surface area contributed by atoms with Crippen LogP contribution in [0.3, 0.4) is 0 Å². The van der Waals surface area contributed by atoms with E-state index in [0.29, 0.717) is 18.6 Å². The van der Waals surface area contributed by atoms with Crippen molar-refractivity contribution >= 4 is 11.6 Å². The molecule has 1 aromatic rings. The van der Waals surface area contributed by atoms with Crippen LogP contribution in [0.1, 0.15) is 23.7 Å². The zero-order valence-electron chi connectivity index (χ0n) is 12.6. The molecule has 1 atom stereocenters. The lowest BCUT2D eigenvalue weighted by Crippen LogP contribution is -2.41. The average Bonchev–Trinajstić information content (AvgIpc) is 2.43. The van der Waals surface area contributed by atoms with E-state index in [1.165, 1.54) is 0 Å². The molecule has 0 saturated heterocycles. The van der Waals surface area contributed by atoms with E-state index in [9.17, 15) is 9.90 Å². The maximum Gasteiger partial charge on any atom is 0.251 e. The summed E-state index contributed by atoms with van der Waals surface area (Å²) in [5.41, 5.74) is 0.577. The van der Waals surface area contributed by atoms with E-state index in [2.05, 4.69) is 5.32 Å². The van der Waals surface area contributed by atoms with Gasteiger partial charge in [-0.25, -0.2) is 0 Å². The fourth-order valence-corrected chi connectivity index (χ4v) is 1.71. The number of methoxy groups -OCH3 is 1. The van der Waals surface area contributed by atoms with Crippen molar-refractivity contribution in [3.8, 4) is 0 Å². The standard InChI is InChI=1S/C15H24N2O3/c1-15(19,8-9-20-4)11-16-14(18)12-6-5-7-13(10-12)17(2)3/h5-7,10,19H,8-9,11H2,1-4H3,(H,16,18). The number of nitrogens with one attached hydrogen (secondary N) is 1. The first-order valence-corrected chi connectivity index (χ1v) is 6.62. The highest BCUT2D eigenvalue weighted by molar-refractivity contribution is 5.95. The highest BCUT2D eigenvalue weighted by atomic mass is 16.5. The van der Waals surface area contributed by atoms with E-state index in [1.807, 2.05) is 37.2 Å². The number of carbonyl (C=O) groups is 1. The number of nitrogens with zero attached hydrogens (tertiary/aromatic N) is 1. The SMILES string of the molecule is COCCC(C)(O)CNC(=O)c1cccc(N(C)C)c1. The lowest BCUT2D eigenvalue weighted by atomic mass is 10.0. The van der Waals surface area contributed by atoms with Gasteiger partial charge in [-0.2, -0.15) is 0 Å². The van der Waals surface area contributed by atoms with Gasteiger partial charge >= 0.3 is 0 Å². The van der Waals surface area contributed by atoms with Crippen LogP contribution in [-0.4, -0.2) is 51.0 Å². The molecule has 1 aromatic carbocycles. The van der Waals surface area contributed by atoms with Gasteiger partial charge in [0.25, 0.3) is 5.91 Å². The summed E-state index contributed by atoms with van der Waals surface area (Å²) in [6.45, 7) is 2.34. The van der Waals surface area contributed by atoms with Crippen LogP contribution < -0.4 is 10.2 Å². The Labute approximate surface area is 120 Å². The monoisotopic (exact) mass is 280 g/mol. The molecular formula is C15H24N2O3. The van der Waals surface area contributed by atoms with E-state index >= 15 is 0 Å². The molecule has 20 heavy (non-hydrogen) atoms. The highest BCUT2D eigenvalue weighted by Gasteiger charge is 2.21. The number of amides is 1. The van der Waals surface area contributed by atoms with Gasteiger partial charge in [-0.15, -0.1) is 0 Å². The minimum absolute atomic E-state index is 0.189. The number of benzene rings is 1. The van der Waals surface area contributed by atoms with E-state index in [1.54, 1.807) is 20.1 Å². The van der Waals surface area contributed by atoms with Gasteiger partial charge in [-0.3, -0.25) is 4.79 Å². The Morgan fingerprint density at radius 3 is 2.75 bits per heavy atom. The molecule has 0 aliphatic rings. The Kier molecular flexibility index (Phi) is 5.98. The molecule has 1 unspecified atom stereocenters. The Hall–Kier alpha value is -1.59. The van der Waals surface area contributed by atoms with Crippen LogP contribution in [0.2, 0.25) is 0 Å². The van der Waals surface area contributed by atoms with Gasteiger partial charge in [0, 0.05) is 52.0 Å². The largest absolute Gasteiger partial charge is 0.388 e. The minimum Gasteiger partial charge on any atom is -0.388 e. The number of hydrogen-bond acceptors (Lipinski definition) is 4. The number of aliphatic hydroxyl groups is 1. The second-order valence-corrected chi connectivity index (χ2v) is 5.37. The summed E-state index contributed by atoms with van der Waals surface area (Å²) in [5.74, 6) is -0.189. The first kappa shape index (κ1) is 16.5. The summed E-state index contributed by atoms with van der Waals surface area (Å²) in [4.78, 5) is 14.0. The molecule has 0 radical (unpaired) electrons. The van der Waals surface area contributed by atoms with Crippen LogP contribution >= 0.6 is 0 Å². The fraction of sp³-hybridized carbons (Fsp3) is 0.533. The number of ether oxygens (including phenoxy) is 1. The van der Waals surface area contributed by atoms with Crippen LogP contribution in [0.25, 0.3) is 0 Å². The third-order valence-corrected chi connectivity index (χ3v) is 3.10. The lowest BCUT2D eigenvalue weighted by Gasteiger charge is -2.23. The van der Waals surface area contributed by atoms with Crippen molar-refractivity contribution in [1.29, 1.82) is 0 Å². The molecule has 1 amide bonds. The summed E-state index contributed by atoms with van der Waals surface area (Å²) in [6, 6.07) is 7.35. The second kappa shape index (κ2) is 7.26. The number of anilines is 1. The zero-order chi connectivity index (χ0) is 15.2. The molecule has 5 heteroatoms. The first-order valence-electron chi connectivity index (χ1n) is 6.62. The molecule has 0 aliphatic carbocycles. The summed E-state index contributed by atoms with van der Waals surface area (Å²) >= 11 is 0. The van der Waals surface area contributed by atoms with Crippen LogP contribution in [-0.2, 0) is 4.74 Å². The predicted molar refractivity (Wildman–Crippen MR) is 80.2 cm³/mol. The second-order valence-electron chi connectivity index (χ2n) is 5.37. The van der Waals surface area contributed by atoms with E-state index in [4.69, 9.17) is 4.74 Å². The van der Waals surface area contributed by atoms with Crippen LogP contribution in [0.4, 0.5) is 5.69 Å². The van der Waals surface area contributed by atoms with Crippen molar-refractivity contribution in [2.45, 2.75) is 18.9 Å². The van der Waals surface area contributed by atoms with E-state index < -0.39 is 5.60 Å². The van der Waals surface area contributed by atoms with Gasteiger partial charge in [0.1, 0.15) is 0 Å². The molecular weight excluding hydrogens is 256 g/mol. The van der Waals surface area contributed by atoms with Crippen LogP contribution in [0.15, 0.2) is 24.3 Å². The van der Waals surface area contributed by atoms with Crippen molar-refractivity contribution in [2.75, 3.05) is 39.3 Å². The molecule has 0 spiro atoms. The van der Waals surface area contributed by atoms with Gasteiger partial charge in [-0.05, 0) is 25.1 Å². The molecule has 0 aliphatic heterocycles. The van der Waals surface area contributed by atoms with Crippen LogP contribution in [0.5, 0.6) is 0 Å². The molecule has 0 aromatic heterocycles. The minimum atomic E-state index is -0.967. The van der Waals surface area contributed by atoms with Gasteiger partial charge < -0.3 is 20.1 Å². The van der Waals surface area contributed by atoms with E-state index in [-0.39, 0.29) is 12.5 Å². The summed E-state index contributed by atoms with van der Waals surface area (Å²) < 4.78 is 4.93. The molecule has 112 valence electrons. The van der Waals surface area contributed by atoms with Crippen molar-refractivity contribution < 1.29 is 14.6 Å². The van der Waals surface area contributed by atoms with Crippen molar-refractivity contribution in [2.24, 2.45) is 0 Å². The molecule has 0 heterocycles. The fourth-order valence-electron chi connectivity index (χ4n) is 1.71. The summed E-state index contributed by atoms with van der Waals surface area (Å²) in [6.07, 6.45) is 0.474. The zero-order valence-corrected chi connectivity index (χ0v) is 12.6. The predicted octanol–water partition coefficient (Wildman–Crippen LogP) is 1.27. The normalized spacial score (nSPS) is 13.7. The number of rotatable bonds is 7. The third kappa shape index (κ3) is 5.19. The molecule has 0 saturated carbocycles. The van der Waals surface area contributed by atoms with Crippen molar-refractivity contribution in [1.82, 2.24) is 5.32 Å². The third-order valence-electron chi connectivity index (χ3n) is 3.10. The van der Waals surface area contributed by atoms with Gasteiger partial charge in [-0.1, -0.05) is 6.07 Å². The molecule has 0 bridgehead atoms. The summed E-state index contributed by atoms with van der Waals surface area (Å²) in [5, 5.41) is 12.8. The Morgan fingerprint density at radius 1 is 1.45 bits per heavy atom. The van der Waals surface area contributed by atoms with E-state index in [0.717, 1.165) is 5.69 Å². The highest BCUT2D eigenvalue weighted by Crippen LogP contribution is 2.14. The number of carbonyl (C=O) groups excluding carboxylic acids is 1. The van der Waals surface area contributed by atoms with Crippen LogP contribution in [0, 0.1) is 0 Å². The molecule has 1 rings (SSSR count). The Bertz CT molecular complexity index is 444. The van der Waals surface area contributed by atoms with Crippen molar-refractivity contribution in [3.63, 3.8) is 0 Å². The van der Waals surface area contributed by atoms with Gasteiger partial charge in [0.2, 0.25) is 0 Å². The maximum atomic E-state index is 12.1. The quantitative estimate of drug-likeness (QED) is 0.789. The molecule has 5 nitrogen and oxygen atoms in total. The number of hydrogen-bond donors (Lipinski definition) is 2. The lowest BCUT2D eigenvalue weighted by molar-refractivity contribution is 0.0243.